The van der Waals surface area contributed by atoms with Gasteiger partial charge < -0.3 is 11.1 Å². The topological polar surface area (TPSA) is 105 Å². The van der Waals surface area contributed by atoms with Crippen molar-refractivity contribution in [2.24, 2.45) is 5.92 Å². The highest BCUT2D eigenvalue weighted by Crippen LogP contribution is 2.19. The molecular weight excluding hydrogens is 312 g/mol. The van der Waals surface area contributed by atoms with Gasteiger partial charge in [0.2, 0.25) is 15.9 Å². The molecule has 0 aromatic carbocycles. The van der Waals surface area contributed by atoms with Crippen molar-refractivity contribution in [2.45, 2.75) is 19.3 Å². The van der Waals surface area contributed by atoms with E-state index in [9.17, 15) is 13.2 Å². The maximum atomic E-state index is 12.0. The minimum absolute atomic E-state index is 0.00801. The minimum Gasteiger partial charge on any atom is -0.375 e. The number of nitrogens with one attached hydrogen (secondary N) is 1. The van der Waals surface area contributed by atoms with Gasteiger partial charge in [-0.1, -0.05) is 0 Å². The summed E-state index contributed by atoms with van der Waals surface area (Å²) in [4.78, 5) is 16.2. The molecule has 0 aliphatic carbocycles. The molecule has 9 heteroatoms. The molecule has 21 heavy (non-hydrogen) atoms. The van der Waals surface area contributed by atoms with Crippen LogP contribution in [0.3, 0.4) is 0 Å². The second-order valence-corrected chi connectivity index (χ2v) is 8.03. The average Bonchev–Trinajstić information content (AvgIpc) is 2.83. The van der Waals surface area contributed by atoms with Crippen LogP contribution in [0.1, 0.15) is 18.5 Å². The maximum absolute atomic E-state index is 12.0. The van der Waals surface area contributed by atoms with Gasteiger partial charge in [-0.3, -0.25) is 4.79 Å². The molecule has 1 aromatic rings. The zero-order valence-electron chi connectivity index (χ0n) is 11.9. The van der Waals surface area contributed by atoms with E-state index in [-0.39, 0.29) is 11.8 Å². The lowest BCUT2D eigenvalue weighted by Crippen LogP contribution is -2.42. The highest BCUT2D eigenvalue weighted by molar-refractivity contribution is 7.88. The molecular formula is C12H20N4O3S2. The fraction of sp³-hybridized carbons (Fsp3) is 0.667. The third-order valence-electron chi connectivity index (χ3n) is 3.54. The first-order valence-corrected chi connectivity index (χ1v) is 9.52. The van der Waals surface area contributed by atoms with E-state index in [0.717, 1.165) is 5.69 Å². The Morgan fingerprint density at radius 3 is 2.71 bits per heavy atom. The minimum atomic E-state index is -3.14. The van der Waals surface area contributed by atoms with Crippen LogP contribution in [-0.4, -0.2) is 49.5 Å². The highest BCUT2D eigenvalue weighted by atomic mass is 32.2. The molecule has 1 amide bonds. The molecule has 2 rings (SSSR count). The van der Waals surface area contributed by atoms with Crippen LogP contribution in [0.2, 0.25) is 0 Å². The quantitative estimate of drug-likeness (QED) is 0.793. The van der Waals surface area contributed by atoms with Crippen molar-refractivity contribution in [1.82, 2.24) is 14.6 Å². The van der Waals surface area contributed by atoms with E-state index < -0.39 is 10.0 Å². The fourth-order valence-corrected chi connectivity index (χ4v) is 3.82. The molecule has 0 spiro atoms. The summed E-state index contributed by atoms with van der Waals surface area (Å²) in [6.07, 6.45) is 3.00. The lowest BCUT2D eigenvalue weighted by Gasteiger charge is -2.29. The molecule has 1 fully saturated rings. The van der Waals surface area contributed by atoms with Crippen molar-refractivity contribution < 1.29 is 13.2 Å². The van der Waals surface area contributed by atoms with Crippen molar-refractivity contribution in [3.8, 4) is 0 Å². The average molecular weight is 332 g/mol. The number of thiazole rings is 1. The van der Waals surface area contributed by atoms with E-state index >= 15 is 0 Å². The number of aromatic nitrogens is 1. The van der Waals surface area contributed by atoms with Crippen molar-refractivity contribution in [1.29, 1.82) is 0 Å². The molecule has 1 aromatic heterocycles. The Bertz CT molecular complexity index is 591. The lowest BCUT2D eigenvalue weighted by atomic mass is 9.97. The van der Waals surface area contributed by atoms with Crippen molar-refractivity contribution in [2.75, 3.05) is 31.6 Å². The van der Waals surface area contributed by atoms with Crippen molar-refractivity contribution in [3.05, 3.63) is 11.1 Å². The molecule has 0 unspecified atom stereocenters. The number of rotatable bonds is 5. The van der Waals surface area contributed by atoms with Crippen LogP contribution in [0, 0.1) is 5.92 Å². The highest BCUT2D eigenvalue weighted by Gasteiger charge is 2.28. The monoisotopic (exact) mass is 332 g/mol. The Labute approximate surface area is 128 Å². The number of carbonyl (C=O) groups is 1. The molecule has 1 saturated heterocycles. The number of hydrogen-bond acceptors (Lipinski definition) is 6. The molecule has 1 aliphatic rings. The van der Waals surface area contributed by atoms with Gasteiger partial charge in [-0.05, 0) is 12.8 Å². The van der Waals surface area contributed by atoms with Crippen LogP contribution in [0.15, 0.2) is 5.38 Å². The summed E-state index contributed by atoms with van der Waals surface area (Å²) in [6, 6.07) is 0. The van der Waals surface area contributed by atoms with Gasteiger partial charge >= 0.3 is 0 Å². The molecule has 2 heterocycles. The summed E-state index contributed by atoms with van der Waals surface area (Å²) in [6.45, 7) is 1.35. The Morgan fingerprint density at radius 1 is 1.52 bits per heavy atom. The number of anilines is 1. The van der Waals surface area contributed by atoms with E-state index in [1.807, 2.05) is 5.38 Å². The van der Waals surface area contributed by atoms with Crippen LogP contribution in [-0.2, 0) is 21.2 Å². The van der Waals surface area contributed by atoms with Crippen molar-refractivity contribution in [3.63, 3.8) is 0 Å². The van der Waals surface area contributed by atoms with Gasteiger partial charge in [0, 0.05) is 37.4 Å². The van der Waals surface area contributed by atoms with Gasteiger partial charge in [-0.2, -0.15) is 0 Å². The number of carbonyl (C=O) groups excluding carboxylic acids is 1. The van der Waals surface area contributed by atoms with Crippen LogP contribution in [0.4, 0.5) is 5.13 Å². The normalized spacial score (nSPS) is 17.8. The maximum Gasteiger partial charge on any atom is 0.223 e. The number of nitrogens with zero attached hydrogens (tertiary/aromatic N) is 2. The largest absolute Gasteiger partial charge is 0.375 e. The standard InChI is InChI=1S/C12H20N4O3S2/c1-21(18,19)16-6-3-9(4-7-16)11(17)14-5-2-10-8-20-12(13)15-10/h8-9H,2-7H2,1H3,(H2,13,15)(H,14,17). The molecule has 118 valence electrons. The van der Waals surface area contributed by atoms with E-state index in [0.29, 0.717) is 44.0 Å². The van der Waals surface area contributed by atoms with Gasteiger partial charge in [0.25, 0.3) is 0 Å². The van der Waals surface area contributed by atoms with Crippen molar-refractivity contribution >= 4 is 32.4 Å². The Balaban J connectivity index is 1.72. The zero-order chi connectivity index (χ0) is 15.5. The molecule has 0 bridgehead atoms. The van der Waals surface area contributed by atoms with Gasteiger partial charge in [-0.25, -0.2) is 17.7 Å². The fourth-order valence-electron chi connectivity index (χ4n) is 2.35. The number of amides is 1. The summed E-state index contributed by atoms with van der Waals surface area (Å²) in [5.74, 6) is -0.116. The molecule has 0 radical (unpaired) electrons. The first-order valence-electron chi connectivity index (χ1n) is 6.79. The molecule has 1 aliphatic heterocycles. The summed E-state index contributed by atoms with van der Waals surface area (Å²) >= 11 is 1.39. The number of piperidine rings is 1. The molecule has 3 N–H and O–H groups in total. The Hall–Kier alpha value is -1.19. The Morgan fingerprint density at radius 2 is 2.19 bits per heavy atom. The smallest absolute Gasteiger partial charge is 0.223 e. The molecule has 7 nitrogen and oxygen atoms in total. The predicted molar refractivity (Wildman–Crippen MR) is 82.4 cm³/mol. The third kappa shape index (κ3) is 4.65. The lowest BCUT2D eigenvalue weighted by molar-refractivity contribution is -0.126. The second kappa shape index (κ2) is 6.71. The van der Waals surface area contributed by atoms with Gasteiger partial charge in [0.05, 0.1) is 11.9 Å². The van der Waals surface area contributed by atoms with Crippen LogP contribution in [0.25, 0.3) is 0 Å². The van der Waals surface area contributed by atoms with E-state index in [1.165, 1.54) is 21.9 Å². The Kier molecular flexibility index (Phi) is 5.17. The first kappa shape index (κ1) is 16.2. The summed E-state index contributed by atoms with van der Waals surface area (Å²) in [5.41, 5.74) is 6.42. The summed E-state index contributed by atoms with van der Waals surface area (Å²) in [7, 11) is -3.14. The van der Waals surface area contributed by atoms with Crippen LogP contribution in [0.5, 0.6) is 0 Å². The van der Waals surface area contributed by atoms with Gasteiger partial charge in [0.15, 0.2) is 5.13 Å². The van der Waals surface area contributed by atoms with Gasteiger partial charge in [0.1, 0.15) is 0 Å². The van der Waals surface area contributed by atoms with Crippen LogP contribution < -0.4 is 11.1 Å². The predicted octanol–water partition coefficient (Wildman–Crippen LogP) is 0.0556. The van der Waals surface area contributed by atoms with Crippen LogP contribution >= 0.6 is 11.3 Å². The summed E-state index contributed by atoms with van der Waals surface area (Å²) in [5, 5.41) is 5.29. The third-order valence-corrected chi connectivity index (χ3v) is 5.57. The number of sulfonamides is 1. The second-order valence-electron chi connectivity index (χ2n) is 5.15. The van der Waals surface area contributed by atoms with Gasteiger partial charge in [-0.15, -0.1) is 11.3 Å². The van der Waals surface area contributed by atoms with E-state index in [2.05, 4.69) is 10.3 Å². The number of nitrogens with two attached hydrogens (primary N) is 1. The SMILES string of the molecule is CS(=O)(=O)N1CCC(C(=O)NCCc2csc(N)n2)CC1. The zero-order valence-corrected chi connectivity index (χ0v) is 13.5. The first-order chi connectivity index (χ1) is 9.86. The molecule has 0 saturated carbocycles. The van der Waals surface area contributed by atoms with E-state index in [1.54, 1.807) is 0 Å². The van der Waals surface area contributed by atoms with E-state index in [4.69, 9.17) is 5.73 Å². The molecule has 0 atom stereocenters. The number of hydrogen-bond donors (Lipinski definition) is 2. The number of nitrogen functional groups attached to an aromatic ring is 1. The summed E-state index contributed by atoms with van der Waals surface area (Å²) < 4.78 is 24.2.